The van der Waals surface area contributed by atoms with Crippen LogP contribution in [0.1, 0.15) is 31.7 Å². The molecule has 1 saturated heterocycles. The zero-order valence-electron chi connectivity index (χ0n) is 26.1. The summed E-state index contributed by atoms with van der Waals surface area (Å²) < 4.78 is 11.4. The molecule has 1 aliphatic carbocycles. The van der Waals surface area contributed by atoms with Crippen molar-refractivity contribution in [1.29, 1.82) is 0 Å². The highest BCUT2D eigenvalue weighted by Crippen LogP contribution is 2.47. The summed E-state index contributed by atoms with van der Waals surface area (Å²) in [6.45, 7) is 1.77. The summed E-state index contributed by atoms with van der Waals surface area (Å²) >= 11 is 2.05. The quantitative estimate of drug-likeness (QED) is 0.101. The average Bonchev–Trinajstić information content (AvgIpc) is 3.30. The Hall–Kier alpha value is -3.71. The van der Waals surface area contributed by atoms with Gasteiger partial charge in [-0.15, -0.1) is 0 Å². The molecule has 5 rings (SSSR count). The number of methoxy groups -OCH3 is 2. The summed E-state index contributed by atoms with van der Waals surface area (Å²) in [7, 11) is 3.05. The highest BCUT2D eigenvalue weighted by Gasteiger charge is 2.55. The molecule has 0 bridgehead atoms. The van der Waals surface area contributed by atoms with E-state index in [-0.39, 0.29) is 37.2 Å². The van der Waals surface area contributed by atoms with Crippen LogP contribution in [0.5, 0.6) is 11.5 Å². The number of carbonyl (C=O) groups excluding carboxylic acids is 2. The SMILES string of the molecule is COCC1=C([C@H](O)CC/C(C)=C/c2cc(I)c(O)c(OC)c2)[C@H](CO)[C@@H]2C(=O)N(c3ccc(Nc4ccccc4)cc3)C(=O)[C@@H]2C1. The number of ether oxygens (including phenoxy) is 2. The number of amides is 2. The minimum Gasteiger partial charge on any atom is -0.504 e. The summed E-state index contributed by atoms with van der Waals surface area (Å²) in [4.78, 5) is 28.9. The number of para-hydroxylation sites is 1. The zero-order valence-corrected chi connectivity index (χ0v) is 28.2. The summed E-state index contributed by atoms with van der Waals surface area (Å²) in [5.41, 5.74) is 5.40. The number of hydrogen-bond acceptors (Lipinski definition) is 8. The molecule has 2 aliphatic rings. The topological polar surface area (TPSA) is 129 Å². The first-order chi connectivity index (χ1) is 22.2. The van der Waals surface area contributed by atoms with Crippen LogP contribution in [0.2, 0.25) is 0 Å². The Kier molecular flexibility index (Phi) is 10.8. The number of allylic oxidation sites excluding steroid dienone is 1. The molecular formula is C36H39IN2O7. The third-order valence-electron chi connectivity index (χ3n) is 8.74. The number of nitrogens with one attached hydrogen (secondary N) is 1. The van der Waals surface area contributed by atoms with Crippen LogP contribution in [-0.4, -0.2) is 60.7 Å². The summed E-state index contributed by atoms with van der Waals surface area (Å²) in [6, 6.07) is 20.4. The van der Waals surface area contributed by atoms with Crippen molar-refractivity contribution in [3.8, 4) is 11.5 Å². The number of aliphatic hydroxyl groups is 2. The van der Waals surface area contributed by atoms with Gasteiger partial charge in [0, 0.05) is 24.4 Å². The van der Waals surface area contributed by atoms with Crippen molar-refractivity contribution < 1.29 is 34.4 Å². The van der Waals surface area contributed by atoms with Gasteiger partial charge in [0.05, 0.1) is 47.5 Å². The predicted molar refractivity (Wildman–Crippen MR) is 186 cm³/mol. The molecule has 10 heteroatoms. The van der Waals surface area contributed by atoms with E-state index in [9.17, 15) is 24.9 Å². The molecule has 0 aromatic heterocycles. The van der Waals surface area contributed by atoms with E-state index in [1.165, 1.54) is 12.0 Å². The largest absolute Gasteiger partial charge is 0.504 e. The number of nitrogens with zero attached hydrogens (tertiary/aromatic N) is 1. The van der Waals surface area contributed by atoms with Crippen LogP contribution in [0, 0.1) is 21.3 Å². The number of imide groups is 1. The number of hydrogen-bond donors (Lipinski definition) is 4. The molecule has 3 aromatic rings. The lowest BCUT2D eigenvalue weighted by molar-refractivity contribution is -0.123. The molecule has 4 N–H and O–H groups in total. The minimum absolute atomic E-state index is 0.0900. The van der Waals surface area contributed by atoms with Crippen LogP contribution in [0.25, 0.3) is 6.08 Å². The van der Waals surface area contributed by atoms with Crippen LogP contribution in [0.3, 0.4) is 0 Å². The second-order valence-corrected chi connectivity index (χ2v) is 12.9. The number of benzene rings is 3. The van der Waals surface area contributed by atoms with E-state index in [4.69, 9.17) is 9.47 Å². The maximum Gasteiger partial charge on any atom is 0.238 e. The van der Waals surface area contributed by atoms with Gasteiger partial charge in [0.25, 0.3) is 0 Å². The molecule has 9 nitrogen and oxygen atoms in total. The smallest absolute Gasteiger partial charge is 0.238 e. The fourth-order valence-electron chi connectivity index (χ4n) is 6.61. The molecule has 242 valence electrons. The van der Waals surface area contributed by atoms with E-state index in [0.29, 0.717) is 33.4 Å². The molecule has 0 radical (unpaired) electrons. The lowest BCUT2D eigenvalue weighted by Gasteiger charge is -2.36. The lowest BCUT2D eigenvalue weighted by atomic mass is 9.68. The Balaban J connectivity index is 1.34. The van der Waals surface area contributed by atoms with Crippen molar-refractivity contribution in [2.75, 3.05) is 37.7 Å². The van der Waals surface area contributed by atoms with Crippen molar-refractivity contribution in [2.24, 2.45) is 17.8 Å². The second kappa shape index (κ2) is 14.8. The molecule has 1 heterocycles. The van der Waals surface area contributed by atoms with Crippen LogP contribution < -0.4 is 15.0 Å². The highest BCUT2D eigenvalue weighted by molar-refractivity contribution is 14.1. The van der Waals surface area contributed by atoms with Gasteiger partial charge < -0.3 is 30.1 Å². The van der Waals surface area contributed by atoms with Crippen LogP contribution in [-0.2, 0) is 14.3 Å². The Morgan fingerprint density at radius 3 is 2.41 bits per heavy atom. The summed E-state index contributed by atoms with van der Waals surface area (Å²) in [5.74, 6) is -2.36. The fraction of sp³-hybridized carbons (Fsp3) is 0.333. The van der Waals surface area contributed by atoms with Gasteiger partial charge in [0.1, 0.15) is 0 Å². The second-order valence-electron chi connectivity index (χ2n) is 11.8. The van der Waals surface area contributed by atoms with Crippen molar-refractivity contribution in [2.45, 2.75) is 32.3 Å². The Labute approximate surface area is 282 Å². The van der Waals surface area contributed by atoms with Crippen molar-refractivity contribution >= 4 is 57.5 Å². The molecule has 0 spiro atoms. The molecular weight excluding hydrogens is 699 g/mol. The van der Waals surface area contributed by atoms with Crippen LogP contribution in [0.4, 0.5) is 17.1 Å². The number of fused-ring (bicyclic) bond motifs is 1. The number of anilines is 3. The maximum absolute atomic E-state index is 13.9. The molecule has 46 heavy (non-hydrogen) atoms. The molecule has 4 atom stereocenters. The van der Waals surface area contributed by atoms with Gasteiger partial charge in [0.15, 0.2) is 11.5 Å². The van der Waals surface area contributed by atoms with Crippen molar-refractivity contribution in [3.63, 3.8) is 0 Å². The van der Waals surface area contributed by atoms with Gasteiger partial charge in [-0.1, -0.05) is 29.8 Å². The maximum atomic E-state index is 13.9. The van der Waals surface area contributed by atoms with Gasteiger partial charge >= 0.3 is 0 Å². The first-order valence-electron chi connectivity index (χ1n) is 15.2. The molecule has 1 fully saturated rings. The normalized spacial score (nSPS) is 20.6. The standard InChI is InChI=1S/C36H39IN2O7/c1-21(15-22-16-29(37)34(42)31(17-22)46-3)9-14-30(41)32-23(20-45-2)18-27-33(28(32)19-40)36(44)39(35(27)43)26-12-10-25(11-13-26)38-24-7-5-4-6-8-24/h4-8,10-13,15-17,27-28,30,33,38,40-42H,9,14,18-20H2,1-3H3/b21-15+/t27-,28+,30-,33-/m1/s1. The minimum atomic E-state index is -0.943. The third kappa shape index (κ3) is 7.00. The number of phenols is 1. The average molecular weight is 739 g/mol. The number of carbonyl (C=O) groups is 2. The fourth-order valence-corrected chi connectivity index (χ4v) is 7.24. The van der Waals surface area contributed by atoms with Crippen molar-refractivity contribution in [1.82, 2.24) is 0 Å². The molecule has 2 amide bonds. The lowest BCUT2D eigenvalue weighted by Crippen LogP contribution is -2.39. The van der Waals surface area contributed by atoms with E-state index in [2.05, 4.69) is 27.9 Å². The monoisotopic (exact) mass is 738 g/mol. The Morgan fingerprint density at radius 2 is 1.76 bits per heavy atom. The molecule has 3 aromatic carbocycles. The number of phenolic OH excluding ortho intramolecular Hbond substituents is 1. The van der Waals surface area contributed by atoms with E-state index in [1.807, 2.05) is 61.5 Å². The number of rotatable bonds is 12. The van der Waals surface area contributed by atoms with Gasteiger partial charge in [-0.25, -0.2) is 0 Å². The molecule has 0 unspecified atom stereocenters. The van der Waals surface area contributed by atoms with Gasteiger partial charge in [-0.3, -0.25) is 14.5 Å². The van der Waals surface area contributed by atoms with Gasteiger partial charge in [-0.05, 0) is 114 Å². The number of aliphatic hydroxyl groups excluding tert-OH is 2. The van der Waals surface area contributed by atoms with Gasteiger partial charge in [0.2, 0.25) is 11.8 Å². The summed E-state index contributed by atoms with van der Waals surface area (Å²) in [6.07, 6.45) is 2.20. The summed E-state index contributed by atoms with van der Waals surface area (Å²) in [5, 5.41) is 35.6. The molecule has 1 aliphatic heterocycles. The van der Waals surface area contributed by atoms with E-state index < -0.39 is 23.9 Å². The zero-order chi connectivity index (χ0) is 33.0. The van der Waals surface area contributed by atoms with E-state index in [0.717, 1.165) is 28.1 Å². The third-order valence-corrected chi connectivity index (χ3v) is 9.56. The molecule has 0 saturated carbocycles. The Bertz CT molecular complexity index is 1640. The van der Waals surface area contributed by atoms with E-state index in [1.54, 1.807) is 25.3 Å². The van der Waals surface area contributed by atoms with Crippen LogP contribution in [0.15, 0.2) is 83.4 Å². The number of halogens is 1. The van der Waals surface area contributed by atoms with Gasteiger partial charge in [-0.2, -0.15) is 0 Å². The first kappa shape index (κ1) is 33.6. The van der Waals surface area contributed by atoms with Crippen LogP contribution >= 0.6 is 22.6 Å². The van der Waals surface area contributed by atoms with Crippen molar-refractivity contribution in [3.05, 3.63) is 92.6 Å². The van der Waals surface area contributed by atoms with E-state index >= 15 is 0 Å². The number of aromatic hydroxyl groups is 1. The Morgan fingerprint density at radius 1 is 1.07 bits per heavy atom. The predicted octanol–water partition coefficient (Wildman–Crippen LogP) is 6.05. The highest BCUT2D eigenvalue weighted by atomic mass is 127. The first-order valence-corrected chi connectivity index (χ1v) is 16.3.